The SMILES string of the molecule is CCN1CCC(n2nccc2NC(=O)[C@H]2CNCCO2)CC1. The Morgan fingerprint density at radius 1 is 1.50 bits per heavy atom. The first kappa shape index (κ1) is 15.5. The van der Waals surface area contributed by atoms with Crippen LogP contribution in [0, 0.1) is 0 Å². The van der Waals surface area contributed by atoms with Crippen LogP contribution in [0.1, 0.15) is 25.8 Å². The monoisotopic (exact) mass is 307 g/mol. The molecule has 22 heavy (non-hydrogen) atoms. The number of nitrogens with zero attached hydrogens (tertiary/aromatic N) is 3. The minimum atomic E-state index is -0.418. The lowest BCUT2D eigenvalue weighted by Gasteiger charge is -2.32. The summed E-state index contributed by atoms with van der Waals surface area (Å²) in [6.45, 7) is 7.41. The predicted octanol–water partition coefficient (Wildman–Crippen LogP) is 0.467. The van der Waals surface area contributed by atoms with Crippen LogP contribution in [-0.2, 0) is 9.53 Å². The van der Waals surface area contributed by atoms with Crippen molar-refractivity contribution in [1.29, 1.82) is 0 Å². The van der Waals surface area contributed by atoms with E-state index >= 15 is 0 Å². The molecular formula is C15H25N5O2. The quantitative estimate of drug-likeness (QED) is 0.846. The van der Waals surface area contributed by atoms with Crippen LogP contribution in [0.2, 0.25) is 0 Å². The van der Waals surface area contributed by atoms with Gasteiger partial charge in [0.1, 0.15) is 11.9 Å². The van der Waals surface area contributed by atoms with Gasteiger partial charge in [0.25, 0.3) is 5.91 Å². The summed E-state index contributed by atoms with van der Waals surface area (Å²) >= 11 is 0. The van der Waals surface area contributed by atoms with Crippen molar-refractivity contribution < 1.29 is 9.53 Å². The molecule has 0 spiro atoms. The maximum atomic E-state index is 12.3. The highest BCUT2D eigenvalue weighted by molar-refractivity contribution is 5.93. The molecule has 2 aliphatic heterocycles. The molecule has 0 aliphatic carbocycles. The number of likely N-dealkylation sites (tertiary alicyclic amines) is 1. The molecule has 1 atom stereocenters. The van der Waals surface area contributed by atoms with E-state index in [0.717, 1.165) is 44.8 Å². The first-order valence-corrected chi connectivity index (χ1v) is 8.17. The van der Waals surface area contributed by atoms with Crippen LogP contribution in [0.3, 0.4) is 0 Å². The van der Waals surface area contributed by atoms with Crippen LogP contribution in [-0.4, -0.2) is 66.0 Å². The van der Waals surface area contributed by atoms with Crippen LogP contribution >= 0.6 is 0 Å². The van der Waals surface area contributed by atoms with E-state index in [0.29, 0.717) is 19.2 Å². The largest absolute Gasteiger partial charge is 0.366 e. The summed E-state index contributed by atoms with van der Waals surface area (Å²) in [7, 11) is 0. The molecule has 0 aromatic carbocycles. The van der Waals surface area contributed by atoms with Crippen molar-refractivity contribution in [2.75, 3.05) is 44.6 Å². The Kier molecular flexibility index (Phi) is 5.07. The first-order valence-electron chi connectivity index (χ1n) is 8.17. The highest BCUT2D eigenvalue weighted by Gasteiger charge is 2.25. The smallest absolute Gasteiger partial charge is 0.255 e. The topological polar surface area (TPSA) is 71.4 Å². The van der Waals surface area contributed by atoms with Crippen molar-refractivity contribution in [3.05, 3.63) is 12.3 Å². The molecule has 2 N–H and O–H groups in total. The number of carbonyl (C=O) groups excluding carboxylic acids is 1. The summed E-state index contributed by atoms with van der Waals surface area (Å²) in [5.41, 5.74) is 0. The number of amides is 1. The van der Waals surface area contributed by atoms with E-state index in [2.05, 4.69) is 27.6 Å². The number of morpholine rings is 1. The Balaban J connectivity index is 1.61. The van der Waals surface area contributed by atoms with Gasteiger partial charge in [-0.25, -0.2) is 4.68 Å². The van der Waals surface area contributed by atoms with E-state index in [4.69, 9.17) is 4.74 Å². The van der Waals surface area contributed by atoms with Crippen molar-refractivity contribution in [2.45, 2.75) is 31.9 Å². The zero-order valence-corrected chi connectivity index (χ0v) is 13.1. The van der Waals surface area contributed by atoms with Gasteiger partial charge < -0.3 is 20.3 Å². The lowest BCUT2D eigenvalue weighted by atomic mass is 10.1. The molecule has 0 unspecified atom stereocenters. The minimum Gasteiger partial charge on any atom is -0.366 e. The molecule has 7 heteroatoms. The number of hydrogen-bond acceptors (Lipinski definition) is 5. The van der Waals surface area contributed by atoms with E-state index in [-0.39, 0.29) is 5.91 Å². The zero-order chi connectivity index (χ0) is 15.4. The van der Waals surface area contributed by atoms with Gasteiger partial charge in [-0.3, -0.25) is 4.79 Å². The number of anilines is 1. The van der Waals surface area contributed by atoms with Gasteiger partial charge in [-0.05, 0) is 19.4 Å². The Hall–Kier alpha value is -1.44. The number of nitrogens with one attached hydrogen (secondary N) is 2. The van der Waals surface area contributed by atoms with E-state index in [9.17, 15) is 4.79 Å². The van der Waals surface area contributed by atoms with Crippen LogP contribution in [0.5, 0.6) is 0 Å². The van der Waals surface area contributed by atoms with Gasteiger partial charge in [-0.2, -0.15) is 5.10 Å². The number of carbonyl (C=O) groups is 1. The van der Waals surface area contributed by atoms with E-state index in [1.807, 2.05) is 10.7 Å². The highest BCUT2D eigenvalue weighted by Crippen LogP contribution is 2.25. The third-order valence-electron chi connectivity index (χ3n) is 4.49. The van der Waals surface area contributed by atoms with E-state index in [1.165, 1.54) is 0 Å². The molecule has 2 saturated heterocycles. The molecule has 2 fully saturated rings. The zero-order valence-electron chi connectivity index (χ0n) is 13.1. The molecule has 1 aromatic rings. The third-order valence-corrected chi connectivity index (χ3v) is 4.49. The molecule has 0 saturated carbocycles. The molecule has 2 aliphatic rings. The Labute approximate surface area is 131 Å². The molecule has 1 aromatic heterocycles. The van der Waals surface area contributed by atoms with Crippen LogP contribution < -0.4 is 10.6 Å². The van der Waals surface area contributed by atoms with Crippen molar-refractivity contribution in [1.82, 2.24) is 20.0 Å². The lowest BCUT2D eigenvalue weighted by molar-refractivity contribution is -0.128. The fourth-order valence-corrected chi connectivity index (χ4v) is 3.12. The summed E-state index contributed by atoms with van der Waals surface area (Å²) in [5, 5.41) is 10.6. The number of hydrogen-bond donors (Lipinski definition) is 2. The summed E-state index contributed by atoms with van der Waals surface area (Å²) in [6.07, 6.45) is 3.47. The standard InChI is InChI=1S/C15H25N5O2/c1-2-19-8-4-12(5-9-19)20-14(3-6-17-20)18-15(21)13-11-16-7-10-22-13/h3,6,12-13,16H,2,4-5,7-11H2,1H3,(H,18,21)/t13-/m1/s1. The van der Waals surface area contributed by atoms with Gasteiger partial charge in [0.05, 0.1) is 18.8 Å². The first-order chi connectivity index (χ1) is 10.8. The van der Waals surface area contributed by atoms with Crippen molar-refractivity contribution in [3.63, 3.8) is 0 Å². The second-order valence-corrected chi connectivity index (χ2v) is 5.88. The second kappa shape index (κ2) is 7.21. The molecule has 1 amide bonds. The van der Waals surface area contributed by atoms with Crippen molar-refractivity contribution in [2.24, 2.45) is 0 Å². The van der Waals surface area contributed by atoms with E-state index in [1.54, 1.807) is 6.20 Å². The number of piperidine rings is 1. The van der Waals surface area contributed by atoms with Gasteiger partial charge in [0.2, 0.25) is 0 Å². The lowest BCUT2D eigenvalue weighted by Crippen LogP contribution is -2.45. The van der Waals surface area contributed by atoms with Crippen LogP contribution in [0.25, 0.3) is 0 Å². The Morgan fingerprint density at radius 2 is 2.32 bits per heavy atom. The molecule has 3 heterocycles. The molecule has 122 valence electrons. The molecular weight excluding hydrogens is 282 g/mol. The Bertz CT molecular complexity index is 490. The van der Waals surface area contributed by atoms with Gasteiger partial charge in [0, 0.05) is 32.2 Å². The van der Waals surface area contributed by atoms with Crippen molar-refractivity contribution in [3.8, 4) is 0 Å². The highest BCUT2D eigenvalue weighted by atomic mass is 16.5. The predicted molar refractivity (Wildman–Crippen MR) is 83.9 cm³/mol. The average molecular weight is 307 g/mol. The summed E-state index contributed by atoms with van der Waals surface area (Å²) in [6, 6.07) is 2.22. The molecule has 7 nitrogen and oxygen atoms in total. The molecule has 3 rings (SSSR count). The average Bonchev–Trinajstić information content (AvgIpc) is 3.04. The maximum Gasteiger partial charge on any atom is 0.255 e. The normalized spacial score (nSPS) is 24.3. The van der Waals surface area contributed by atoms with Crippen LogP contribution in [0.15, 0.2) is 12.3 Å². The third kappa shape index (κ3) is 3.48. The van der Waals surface area contributed by atoms with Gasteiger partial charge in [0.15, 0.2) is 0 Å². The fraction of sp³-hybridized carbons (Fsp3) is 0.733. The van der Waals surface area contributed by atoms with Gasteiger partial charge in [-0.15, -0.1) is 0 Å². The number of rotatable bonds is 4. The number of ether oxygens (including phenoxy) is 1. The minimum absolute atomic E-state index is 0.0973. The summed E-state index contributed by atoms with van der Waals surface area (Å²) < 4.78 is 7.45. The maximum absolute atomic E-state index is 12.3. The molecule has 0 bridgehead atoms. The Morgan fingerprint density at radius 3 is 3.00 bits per heavy atom. The fourth-order valence-electron chi connectivity index (χ4n) is 3.12. The van der Waals surface area contributed by atoms with Crippen LogP contribution in [0.4, 0.5) is 5.82 Å². The van der Waals surface area contributed by atoms with Gasteiger partial charge in [-0.1, -0.05) is 6.92 Å². The van der Waals surface area contributed by atoms with E-state index < -0.39 is 6.10 Å². The summed E-state index contributed by atoms with van der Waals surface area (Å²) in [5.74, 6) is 0.675. The van der Waals surface area contributed by atoms with Crippen molar-refractivity contribution >= 4 is 11.7 Å². The summed E-state index contributed by atoms with van der Waals surface area (Å²) in [4.78, 5) is 14.7. The number of aromatic nitrogens is 2. The second-order valence-electron chi connectivity index (χ2n) is 5.88. The van der Waals surface area contributed by atoms with Gasteiger partial charge >= 0.3 is 0 Å². The molecule has 0 radical (unpaired) electrons.